The Labute approximate surface area is 95.5 Å². The number of nitrogens with zero attached hydrogens (tertiary/aromatic N) is 1. The molecule has 16 heavy (non-hydrogen) atoms. The number of aryl methyl sites for hydroxylation is 1. The van der Waals surface area contributed by atoms with Crippen LogP contribution in [0.1, 0.15) is 18.4 Å². The Kier molecular flexibility index (Phi) is 2.99. The van der Waals surface area contributed by atoms with Crippen LogP contribution >= 0.6 is 0 Å². The molecule has 0 heterocycles. The molecule has 0 spiro atoms. The minimum Gasteiger partial charge on any atom is -0.497 e. The maximum atomic E-state index is 5.79. The largest absolute Gasteiger partial charge is 0.497 e. The molecule has 1 aromatic rings. The summed E-state index contributed by atoms with van der Waals surface area (Å²) >= 11 is 0. The summed E-state index contributed by atoms with van der Waals surface area (Å²) in [5.74, 6) is 1.34. The molecule has 0 aliphatic heterocycles. The predicted molar refractivity (Wildman–Crippen MR) is 66.0 cm³/mol. The van der Waals surface area contributed by atoms with Crippen LogP contribution in [-0.4, -0.2) is 19.1 Å². The van der Waals surface area contributed by atoms with Gasteiger partial charge in [-0.15, -0.1) is 0 Å². The number of rotatable bonds is 3. The van der Waals surface area contributed by atoms with E-state index in [1.54, 1.807) is 7.11 Å². The standard InChI is InChI=1S/C12H17N3O/c1-8-7-10(16-2)5-6-11(8)15-12(13)14-9-3-4-9/h5-7,9H,3-4H2,1-2H3,(H3,13,14,15). The minimum absolute atomic E-state index is 0.436. The van der Waals surface area contributed by atoms with Crippen molar-refractivity contribution in [2.75, 3.05) is 12.4 Å². The SMILES string of the molecule is COc1ccc(NC(N)=NC2CC2)c(C)c1. The third-order valence-corrected chi connectivity index (χ3v) is 2.56. The molecule has 1 aliphatic rings. The van der Waals surface area contributed by atoms with Crippen LogP contribution in [0.4, 0.5) is 5.69 Å². The highest BCUT2D eigenvalue weighted by Crippen LogP contribution is 2.24. The first-order valence-corrected chi connectivity index (χ1v) is 5.44. The highest BCUT2D eigenvalue weighted by atomic mass is 16.5. The van der Waals surface area contributed by atoms with Crippen molar-refractivity contribution >= 4 is 11.6 Å². The molecule has 3 N–H and O–H groups in total. The summed E-state index contributed by atoms with van der Waals surface area (Å²) in [5.41, 5.74) is 7.86. The molecule has 1 fully saturated rings. The molecule has 4 nitrogen and oxygen atoms in total. The minimum atomic E-state index is 0.436. The number of nitrogens with one attached hydrogen (secondary N) is 1. The van der Waals surface area contributed by atoms with Crippen LogP contribution < -0.4 is 15.8 Å². The lowest BCUT2D eigenvalue weighted by atomic mass is 10.2. The highest BCUT2D eigenvalue weighted by molar-refractivity contribution is 5.93. The smallest absolute Gasteiger partial charge is 0.193 e. The van der Waals surface area contributed by atoms with Crippen LogP contribution in [0.2, 0.25) is 0 Å². The first-order chi connectivity index (χ1) is 7.69. The topological polar surface area (TPSA) is 59.6 Å². The van der Waals surface area contributed by atoms with Crippen LogP contribution in [0.3, 0.4) is 0 Å². The number of hydrogen-bond donors (Lipinski definition) is 2. The van der Waals surface area contributed by atoms with Gasteiger partial charge in [0, 0.05) is 5.69 Å². The van der Waals surface area contributed by atoms with Gasteiger partial charge in [-0.25, -0.2) is 4.99 Å². The van der Waals surface area contributed by atoms with E-state index in [9.17, 15) is 0 Å². The molecule has 0 atom stereocenters. The predicted octanol–water partition coefficient (Wildman–Crippen LogP) is 1.89. The van der Waals surface area contributed by atoms with Gasteiger partial charge in [0.15, 0.2) is 5.96 Å². The van der Waals surface area contributed by atoms with Gasteiger partial charge in [0.1, 0.15) is 5.75 Å². The molecule has 0 saturated heterocycles. The number of ether oxygens (including phenoxy) is 1. The Morgan fingerprint density at radius 3 is 2.81 bits per heavy atom. The molecular formula is C12H17N3O. The molecule has 0 aromatic heterocycles. The van der Waals surface area contributed by atoms with E-state index in [1.165, 1.54) is 0 Å². The molecular weight excluding hydrogens is 202 g/mol. The molecule has 0 unspecified atom stereocenters. The maximum Gasteiger partial charge on any atom is 0.193 e. The van der Waals surface area contributed by atoms with E-state index < -0.39 is 0 Å². The first-order valence-electron chi connectivity index (χ1n) is 5.44. The fourth-order valence-corrected chi connectivity index (χ4v) is 1.47. The van der Waals surface area contributed by atoms with E-state index >= 15 is 0 Å². The molecule has 0 amide bonds. The maximum absolute atomic E-state index is 5.79. The number of nitrogens with two attached hydrogens (primary N) is 1. The van der Waals surface area contributed by atoms with Crippen LogP contribution in [0.15, 0.2) is 23.2 Å². The molecule has 86 valence electrons. The lowest BCUT2D eigenvalue weighted by Crippen LogP contribution is -2.23. The number of benzene rings is 1. The Bertz CT molecular complexity index is 411. The van der Waals surface area contributed by atoms with Gasteiger partial charge in [-0.2, -0.15) is 0 Å². The summed E-state index contributed by atoms with van der Waals surface area (Å²) in [5, 5.41) is 3.11. The summed E-state index contributed by atoms with van der Waals surface area (Å²) in [6.07, 6.45) is 2.31. The Morgan fingerprint density at radius 1 is 1.50 bits per heavy atom. The van der Waals surface area contributed by atoms with Crippen molar-refractivity contribution in [2.24, 2.45) is 10.7 Å². The summed E-state index contributed by atoms with van der Waals surface area (Å²) in [7, 11) is 1.66. The van der Waals surface area contributed by atoms with Gasteiger partial charge in [0.25, 0.3) is 0 Å². The molecule has 1 aromatic carbocycles. The monoisotopic (exact) mass is 219 g/mol. The van der Waals surface area contributed by atoms with Crippen molar-refractivity contribution in [3.05, 3.63) is 23.8 Å². The average molecular weight is 219 g/mol. The Hall–Kier alpha value is -1.71. The quantitative estimate of drug-likeness (QED) is 0.603. The van der Waals surface area contributed by atoms with Gasteiger partial charge in [-0.1, -0.05) is 0 Å². The Balaban J connectivity index is 2.08. The van der Waals surface area contributed by atoms with Gasteiger partial charge in [-0.3, -0.25) is 0 Å². The van der Waals surface area contributed by atoms with E-state index in [1.807, 2.05) is 25.1 Å². The van der Waals surface area contributed by atoms with Gasteiger partial charge >= 0.3 is 0 Å². The van der Waals surface area contributed by atoms with Gasteiger partial charge < -0.3 is 15.8 Å². The second kappa shape index (κ2) is 4.43. The summed E-state index contributed by atoms with van der Waals surface area (Å²) in [4.78, 5) is 4.32. The normalized spacial score (nSPS) is 16.0. The highest BCUT2D eigenvalue weighted by Gasteiger charge is 2.20. The number of aliphatic imine (C=N–C) groups is 1. The number of guanidine groups is 1. The van der Waals surface area contributed by atoms with Crippen molar-refractivity contribution in [1.29, 1.82) is 0 Å². The van der Waals surface area contributed by atoms with E-state index in [0.717, 1.165) is 29.8 Å². The lowest BCUT2D eigenvalue weighted by Gasteiger charge is -2.10. The van der Waals surface area contributed by atoms with Gasteiger partial charge in [0.05, 0.1) is 13.2 Å². The summed E-state index contributed by atoms with van der Waals surface area (Å²) in [6.45, 7) is 2.01. The third-order valence-electron chi connectivity index (χ3n) is 2.56. The fourth-order valence-electron chi connectivity index (χ4n) is 1.47. The fraction of sp³-hybridized carbons (Fsp3) is 0.417. The first kappa shape index (κ1) is 10.8. The summed E-state index contributed by atoms with van der Waals surface area (Å²) < 4.78 is 5.14. The van der Waals surface area contributed by atoms with Crippen molar-refractivity contribution in [3.8, 4) is 5.75 Å². The van der Waals surface area contributed by atoms with E-state index in [2.05, 4.69) is 10.3 Å². The van der Waals surface area contributed by atoms with Crippen LogP contribution in [0.25, 0.3) is 0 Å². The van der Waals surface area contributed by atoms with Crippen LogP contribution in [0, 0.1) is 6.92 Å². The summed E-state index contributed by atoms with van der Waals surface area (Å²) in [6, 6.07) is 6.25. The second-order valence-electron chi connectivity index (χ2n) is 4.05. The molecule has 0 radical (unpaired) electrons. The average Bonchev–Trinajstić information content (AvgIpc) is 3.05. The zero-order chi connectivity index (χ0) is 11.5. The van der Waals surface area contributed by atoms with Gasteiger partial charge in [-0.05, 0) is 43.5 Å². The number of methoxy groups -OCH3 is 1. The lowest BCUT2D eigenvalue weighted by molar-refractivity contribution is 0.414. The van der Waals surface area contributed by atoms with Crippen molar-refractivity contribution in [2.45, 2.75) is 25.8 Å². The van der Waals surface area contributed by atoms with Crippen molar-refractivity contribution < 1.29 is 4.74 Å². The van der Waals surface area contributed by atoms with Gasteiger partial charge in [0.2, 0.25) is 0 Å². The van der Waals surface area contributed by atoms with E-state index in [-0.39, 0.29) is 0 Å². The third kappa shape index (κ3) is 2.66. The van der Waals surface area contributed by atoms with Crippen molar-refractivity contribution in [1.82, 2.24) is 0 Å². The zero-order valence-corrected chi connectivity index (χ0v) is 9.66. The molecule has 4 heteroatoms. The van der Waals surface area contributed by atoms with Crippen LogP contribution in [-0.2, 0) is 0 Å². The van der Waals surface area contributed by atoms with Crippen LogP contribution in [0.5, 0.6) is 5.75 Å². The Morgan fingerprint density at radius 2 is 2.25 bits per heavy atom. The molecule has 0 bridgehead atoms. The second-order valence-corrected chi connectivity index (χ2v) is 4.05. The zero-order valence-electron chi connectivity index (χ0n) is 9.66. The van der Waals surface area contributed by atoms with E-state index in [4.69, 9.17) is 10.5 Å². The molecule has 1 saturated carbocycles. The van der Waals surface area contributed by atoms with E-state index in [0.29, 0.717) is 12.0 Å². The van der Waals surface area contributed by atoms with Crippen molar-refractivity contribution in [3.63, 3.8) is 0 Å². The molecule has 2 rings (SSSR count). The number of anilines is 1. The molecule has 1 aliphatic carbocycles. The number of hydrogen-bond acceptors (Lipinski definition) is 2.